The second-order valence-corrected chi connectivity index (χ2v) is 5.27. The van der Waals surface area contributed by atoms with E-state index in [9.17, 15) is 8.78 Å². The second kappa shape index (κ2) is 7.00. The fraction of sp³-hybridized carbons (Fsp3) is 0.538. The summed E-state index contributed by atoms with van der Waals surface area (Å²) in [4.78, 5) is 0.465. The Hall–Kier alpha value is -0.440. The number of hydrogen-bond donors (Lipinski definition) is 0. The van der Waals surface area contributed by atoms with Crippen LogP contribution >= 0.6 is 15.9 Å². The number of halogens is 3. The molecule has 0 radical (unpaired) electrons. The molecule has 3 heteroatoms. The minimum Gasteiger partial charge on any atom is -0.207 e. The summed E-state index contributed by atoms with van der Waals surface area (Å²) in [6, 6.07) is 4.03. The molecule has 90 valence electrons. The molecule has 0 aliphatic carbocycles. The lowest BCUT2D eigenvalue weighted by Crippen LogP contribution is -2.00. The first-order valence-corrected chi connectivity index (χ1v) is 6.63. The molecule has 1 rings (SSSR count). The van der Waals surface area contributed by atoms with Crippen LogP contribution in [0.1, 0.15) is 38.2 Å². The van der Waals surface area contributed by atoms with Gasteiger partial charge >= 0.3 is 0 Å². The lowest BCUT2D eigenvalue weighted by molar-refractivity contribution is 0.543. The molecule has 0 aliphatic rings. The molecular formula is C13H17BrF2. The zero-order valence-electron chi connectivity index (χ0n) is 9.48. The number of rotatable bonds is 6. The Kier molecular flexibility index (Phi) is 5.96. The van der Waals surface area contributed by atoms with Crippen LogP contribution in [0.4, 0.5) is 8.78 Å². The van der Waals surface area contributed by atoms with Gasteiger partial charge in [-0.15, -0.1) is 0 Å². The van der Waals surface area contributed by atoms with Crippen LogP contribution in [-0.2, 0) is 6.42 Å². The zero-order chi connectivity index (χ0) is 12.0. The Bertz CT molecular complexity index is 305. The lowest BCUT2D eigenvalue weighted by Gasteiger charge is -2.08. The van der Waals surface area contributed by atoms with Crippen LogP contribution in [0.5, 0.6) is 0 Å². The van der Waals surface area contributed by atoms with E-state index in [0.717, 1.165) is 25.7 Å². The van der Waals surface area contributed by atoms with Gasteiger partial charge in [0.15, 0.2) is 0 Å². The molecule has 1 aromatic carbocycles. The van der Waals surface area contributed by atoms with Gasteiger partial charge in [0.2, 0.25) is 0 Å². The Balaban J connectivity index is 2.43. The van der Waals surface area contributed by atoms with E-state index in [1.807, 2.05) is 0 Å². The summed E-state index contributed by atoms with van der Waals surface area (Å²) in [5, 5.41) is 0. The van der Waals surface area contributed by atoms with E-state index >= 15 is 0 Å². The summed E-state index contributed by atoms with van der Waals surface area (Å²) in [5.41, 5.74) is 0.221. The van der Waals surface area contributed by atoms with Crippen LogP contribution in [0.25, 0.3) is 0 Å². The van der Waals surface area contributed by atoms with Crippen molar-refractivity contribution in [1.82, 2.24) is 0 Å². The molecule has 0 nitrogen and oxygen atoms in total. The first kappa shape index (κ1) is 13.6. The van der Waals surface area contributed by atoms with Gasteiger partial charge in [-0.3, -0.25) is 0 Å². The first-order valence-electron chi connectivity index (χ1n) is 5.72. The van der Waals surface area contributed by atoms with Crippen LogP contribution in [0.15, 0.2) is 18.2 Å². The van der Waals surface area contributed by atoms with Crippen molar-refractivity contribution in [2.45, 2.75) is 43.9 Å². The molecule has 0 saturated heterocycles. The van der Waals surface area contributed by atoms with Crippen LogP contribution in [-0.4, -0.2) is 4.83 Å². The predicted octanol–water partition coefficient (Wildman–Crippen LogP) is 4.85. The van der Waals surface area contributed by atoms with E-state index in [1.54, 1.807) is 0 Å². The summed E-state index contributed by atoms with van der Waals surface area (Å²) in [5.74, 6) is -0.858. The van der Waals surface area contributed by atoms with Crippen molar-refractivity contribution in [3.63, 3.8) is 0 Å². The van der Waals surface area contributed by atoms with E-state index < -0.39 is 11.6 Å². The van der Waals surface area contributed by atoms with Crippen molar-refractivity contribution in [3.8, 4) is 0 Å². The number of hydrogen-bond acceptors (Lipinski definition) is 0. The quantitative estimate of drug-likeness (QED) is 0.657. The maximum Gasteiger partial charge on any atom is 0.129 e. The van der Waals surface area contributed by atoms with Crippen molar-refractivity contribution in [1.29, 1.82) is 0 Å². The van der Waals surface area contributed by atoms with E-state index in [1.165, 1.54) is 18.2 Å². The minimum atomic E-state index is -0.429. The molecule has 0 fully saturated rings. The second-order valence-electron chi connectivity index (χ2n) is 3.98. The van der Waals surface area contributed by atoms with Gasteiger partial charge < -0.3 is 0 Å². The first-order chi connectivity index (χ1) is 7.65. The normalized spacial score (nSPS) is 12.8. The number of benzene rings is 1. The third-order valence-electron chi connectivity index (χ3n) is 2.61. The van der Waals surface area contributed by atoms with E-state index in [4.69, 9.17) is 0 Å². The topological polar surface area (TPSA) is 0 Å². The molecule has 0 N–H and O–H groups in total. The highest BCUT2D eigenvalue weighted by atomic mass is 79.9. The largest absolute Gasteiger partial charge is 0.207 e. The average Bonchev–Trinajstić information content (AvgIpc) is 2.23. The molecule has 0 heterocycles. The number of alkyl halides is 1. The molecule has 0 spiro atoms. The third-order valence-corrected chi connectivity index (χ3v) is 3.52. The molecule has 1 atom stereocenters. The van der Waals surface area contributed by atoms with Gasteiger partial charge in [-0.1, -0.05) is 35.3 Å². The Morgan fingerprint density at radius 2 is 1.81 bits per heavy atom. The zero-order valence-corrected chi connectivity index (χ0v) is 11.1. The highest BCUT2D eigenvalue weighted by Gasteiger charge is 2.09. The molecule has 0 aromatic heterocycles. The van der Waals surface area contributed by atoms with Crippen LogP contribution in [0, 0.1) is 11.6 Å². The summed E-state index contributed by atoms with van der Waals surface area (Å²) in [6.45, 7) is 2.13. The van der Waals surface area contributed by atoms with Crippen molar-refractivity contribution < 1.29 is 8.78 Å². The standard InChI is InChI=1S/C13H17BrF2/c1-2-5-10(14)6-3-7-11-12(15)8-4-9-13(11)16/h4,8-10H,2-3,5-7H2,1H3. The fourth-order valence-electron chi connectivity index (χ4n) is 1.73. The maximum atomic E-state index is 13.3. The average molecular weight is 291 g/mol. The highest BCUT2D eigenvalue weighted by Crippen LogP contribution is 2.19. The van der Waals surface area contributed by atoms with Crippen LogP contribution in [0.2, 0.25) is 0 Å². The summed E-state index contributed by atoms with van der Waals surface area (Å²) >= 11 is 3.56. The third kappa shape index (κ3) is 4.20. The van der Waals surface area contributed by atoms with Crippen LogP contribution in [0.3, 0.4) is 0 Å². The Labute approximate surface area is 104 Å². The monoisotopic (exact) mass is 290 g/mol. The summed E-state index contributed by atoms with van der Waals surface area (Å²) < 4.78 is 26.5. The van der Waals surface area contributed by atoms with Gasteiger partial charge in [0.25, 0.3) is 0 Å². The van der Waals surface area contributed by atoms with Gasteiger partial charge in [-0.25, -0.2) is 8.78 Å². The molecule has 0 saturated carbocycles. The molecular weight excluding hydrogens is 274 g/mol. The van der Waals surface area contributed by atoms with Crippen molar-refractivity contribution in [2.24, 2.45) is 0 Å². The van der Waals surface area contributed by atoms with E-state index in [-0.39, 0.29) is 5.56 Å². The van der Waals surface area contributed by atoms with Gasteiger partial charge in [0.1, 0.15) is 11.6 Å². The molecule has 0 amide bonds. The Morgan fingerprint density at radius 3 is 2.38 bits per heavy atom. The SMILES string of the molecule is CCCC(Br)CCCc1c(F)cccc1F. The molecule has 16 heavy (non-hydrogen) atoms. The molecule has 0 aliphatic heterocycles. The molecule has 1 aromatic rings. The van der Waals surface area contributed by atoms with E-state index in [2.05, 4.69) is 22.9 Å². The van der Waals surface area contributed by atoms with Crippen molar-refractivity contribution >= 4 is 15.9 Å². The molecule has 1 unspecified atom stereocenters. The van der Waals surface area contributed by atoms with E-state index in [0.29, 0.717) is 11.2 Å². The summed E-state index contributed by atoms with van der Waals surface area (Å²) in [6.07, 6.45) is 4.49. The smallest absolute Gasteiger partial charge is 0.129 e. The van der Waals surface area contributed by atoms with Crippen molar-refractivity contribution in [2.75, 3.05) is 0 Å². The van der Waals surface area contributed by atoms with Crippen LogP contribution < -0.4 is 0 Å². The van der Waals surface area contributed by atoms with Gasteiger partial charge in [-0.05, 0) is 37.8 Å². The van der Waals surface area contributed by atoms with Gasteiger partial charge in [0.05, 0.1) is 0 Å². The predicted molar refractivity (Wildman–Crippen MR) is 66.9 cm³/mol. The van der Waals surface area contributed by atoms with Gasteiger partial charge in [-0.2, -0.15) is 0 Å². The summed E-state index contributed by atoms with van der Waals surface area (Å²) in [7, 11) is 0. The van der Waals surface area contributed by atoms with Crippen molar-refractivity contribution in [3.05, 3.63) is 35.4 Å². The highest BCUT2D eigenvalue weighted by molar-refractivity contribution is 9.09. The fourth-order valence-corrected chi connectivity index (χ4v) is 2.51. The molecule has 0 bridgehead atoms. The lowest BCUT2D eigenvalue weighted by atomic mass is 10.0. The maximum absolute atomic E-state index is 13.3. The minimum absolute atomic E-state index is 0.221. The Morgan fingerprint density at radius 1 is 1.19 bits per heavy atom. The van der Waals surface area contributed by atoms with Gasteiger partial charge in [0, 0.05) is 10.4 Å².